The summed E-state index contributed by atoms with van der Waals surface area (Å²) in [5.74, 6) is 0. The zero-order chi connectivity index (χ0) is 15.9. The average molecular weight is 312 g/mol. The van der Waals surface area contributed by atoms with Gasteiger partial charge in [-0.05, 0) is 37.6 Å². The van der Waals surface area contributed by atoms with Crippen LogP contribution >= 0.6 is 0 Å². The quantitative estimate of drug-likeness (QED) is 0.821. The molecule has 1 fully saturated rings. The highest BCUT2D eigenvalue weighted by Crippen LogP contribution is 2.25. The second kappa shape index (κ2) is 8.11. The van der Waals surface area contributed by atoms with E-state index in [-0.39, 0.29) is 6.29 Å². The highest BCUT2D eigenvalue weighted by Gasteiger charge is 2.25. The van der Waals surface area contributed by atoms with E-state index in [1.54, 1.807) is 0 Å². The van der Waals surface area contributed by atoms with E-state index in [1.165, 1.54) is 0 Å². The summed E-state index contributed by atoms with van der Waals surface area (Å²) in [6.07, 6.45) is 1.71. The molecule has 2 unspecified atom stereocenters. The Morgan fingerprint density at radius 1 is 1.04 bits per heavy atom. The van der Waals surface area contributed by atoms with Crippen LogP contribution in [0.2, 0.25) is 0 Å². The second-order valence-electron chi connectivity index (χ2n) is 5.61. The number of hydrazine groups is 1. The van der Waals surface area contributed by atoms with Crippen LogP contribution in [0.4, 0.5) is 11.4 Å². The van der Waals surface area contributed by atoms with E-state index in [9.17, 15) is 0 Å². The fourth-order valence-electron chi connectivity index (χ4n) is 2.81. The van der Waals surface area contributed by atoms with Gasteiger partial charge in [0, 0.05) is 19.1 Å². The van der Waals surface area contributed by atoms with Crippen molar-refractivity contribution >= 4 is 11.4 Å². The van der Waals surface area contributed by atoms with Gasteiger partial charge in [0.05, 0.1) is 18.0 Å². The fourth-order valence-corrected chi connectivity index (χ4v) is 2.81. The first kappa shape index (κ1) is 16.0. The standard InChI is InChI=1S/C19H24N2O2/c1-2-22-19-15-16(13-14-23-19)20-21(17-9-5-3-6-10-17)18-11-7-4-8-12-18/h3-12,16,19-20H,2,13-15H2,1H3. The number of benzene rings is 2. The second-order valence-corrected chi connectivity index (χ2v) is 5.61. The molecule has 2 atom stereocenters. The number of hydrogen-bond donors (Lipinski definition) is 1. The van der Waals surface area contributed by atoms with Crippen LogP contribution in [0.5, 0.6) is 0 Å². The van der Waals surface area contributed by atoms with Gasteiger partial charge in [-0.3, -0.25) is 5.01 Å². The number of anilines is 2. The van der Waals surface area contributed by atoms with Crippen molar-refractivity contribution in [1.29, 1.82) is 0 Å². The first-order valence-electron chi connectivity index (χ1n) is 8.26. The molecule has 1 aliphatic heterocycles. The summed E-state index contributed by atoms with van der Waals surface area (Å²) in [7, 11) is 0. The predicted octanol–water partition coefficient (Wildman–Crippen LogP) is 3.87. The average Bonchev–Trinajstić information content (AvgIpc) is 2.62. The molecule has 1 saturated heterocycles. The molecule has 122 valence electrons. The maximum atomic E-state index is 5.66. The molecule has 0 aliphatic carbocycles. The number of hydrogen-bond acceptors (Lipinski definition) is 4. The molecule has 2 aromatic rings. The molecule has 23 heavy (non-hydrogen) atoms. The Hall–Kier alpha value is -1.88. The van der Waals surface area contributed by atoms with Crippen LogP contribution in [-0.4, -0.2) is 25.5 Å². The van der Waals surface area contributed by atoms with E-state index >= 15 is 0 Å². The van der Waals surface area contributed by atoms with Gasteiger partial charge in [0.2, 0.25) is 0 Å². The molecule has 2 aromatic carbocycles. The Morgan fingerprint density at radius 2 is 1.65 bits per heavy atom. The van der Waals surface area contributed by atoms with Crippen molar-refractivity contribution < 1.29 is 9.47 Å². The molecule has 3 rings (SSSR count). The summed E-state index contributed by atoms with van der Waals surface area (Å²) in [5.41, 5.74) is 5.90. The smallest absolute Gasteiger partial charge is 0.159 e. The largest absolute Gasteiger partial charge is 0.353 e. The molecular weight excluding hydrogens is 288 g/mol. The van der Waals surface area contributed by atoms with E-state index < -0.39 is 0 Å². The van der Waals surface area contributed by atoms with E-state index in [0.29, 0.717) is 12.6 Å². The first-order chi connectivity index (χ1) is 11.4. The topological polar surface area (TPSA) is 33.7 Å². The molecule has 0 amide bonds. The number of para-hydroxylation sites is 2. The Morgan fingerprint density at radius 3 is 2.22 bits per heavy atom. The van der Waals surface area contributed by atoms with Crippen LogP contribution in [0, 0.1) is 0 Å². The minimum absolute atomic E-state index is 0.111. The van der Waals surface area contributed by atoms with Crippen molar-refractivity contribution in [2.45, 2.75) is 32.1 Å². The number of nitrogens with zero attached hydrogens (tertiary/aromatic N) is 1. The zero-order valence-corrected chi connectivity index (χ0v) is 13.5. The number of rotatable bonds is 6. The van der Waals surface area contributed by atoms with Gasteiger partial charge in [-0.25, -0.2) is 5.43 Å². The van der Waals surface area contributed by atoms with Crippen LogP contribution in [0.25, 0.3) is 0 Å². The molecular formula is C19H24N2O2. The van der Waals surface area contributed by atoms with E-state index in [0.717, 1.165) is 30.8 Å². The summed E-state index contributed by atoms with van der Waals surface area (Å²) < 4.78 is 11.3. The predicted molar refractivity (Wildman–Crippen MR) is 92.5 cm³/mol. The number of nitrogens with one attached hydrogen (secondary N) is 1. The van der Waals surface area contributed by atoms with Crippen LogP contribution in [0.3, 0.4) is 0 Å². The Labute approximate surface area is 138 Å². The molecule has 0 bridgehead atoms. The van der Waals surface area contributed by atoms with Crippen molar-refractivity contribution in [3.63, 3.8) is 0 Å². The van der Waals surface area contributed by atoms with Gasteiger partial charge in [-0.2, -0.15) is 0 Å². The van der Waals surface area contributed by atoms with E-state index in [4.69, 9.17) is 9.47 Å². The first-order valence-corrected chi connectivity index (χ1v) is 8.26. The summed E-state index contributed by atoms with van der Waals surface area (Å²) in [6.45, 7) is 3.40. The van der Waals surface area contributed by atoms with Crippen LogP contribution in [0.1, 0.15) is 19.8 Å². The zero-order valence-electron chi connectivity index (χ0n) is 13.5. The van der Waals surface area contributed by atoms with E-state index in [1.807, 2.05) is 19.1 Å². The summed E-state index contributed by atoms with van der Waals surface area (Å²) >= 11 is 0. The molecule has 4 heteroatoms. The molecule has 0 saturated carbocycles. The molecule has 1 N–H and O–H groups in total. The van der Waals surface area contributed by atoms with Gasteiger partial charge in [0.15, 0.2) is 6.29 Å². The lowest BCUT2D eigenvalue weighted by atomic mass is 10.1. The minimum Gasteiger partial charge on any atom is -0.353 e. The minimum atomic E-state index is -0.111. The molecule has 4 nitrogen and oxygen atoms in total. The lowest BCUT2D eigenvalue weighted by molar-refractivity contribution is -0.165. The lowest BCUT2D eigenvalue weighted by Crippen LogP contribution is -2.47. The summed E-state index contributed by atoms with van der Waals surface area (Å²) in [6, 6.07) is 21.1. The van der Waals surface area contributed by atoms with Crippen molar-refractivity contribution in [3.8, 4) is 0 Å². The van der Waals surface area contributed by atoms with Gasteiger partial charge < -0.3 is 9.47 Å². The van der Waals surface area contributed by atoms with Gasteiger partial charge in [0.1, 0.15) is 0 Å². The monoisotopic (exact) mass is 312 g/mol. The van der Waals surface area contributed by atoms with Gasteiger partial charge in [-0.15, -0.1) is 0 Å². The molecule has 1 aliphatic rings. The van der Waals surface area contributed by atoms with Gasteiger partial charge in [-0.1, -0.05) is 36.4 Å². The van der Waals surface area contributed by atoms with Crippen LogP contribution in [0.15, 0.2) is 60.7 Å². The normalized spacial score (nSPS) is 21.1. The maximum absolute atomic E-state index is 5.66. The molecule has 0 radical (unpaired) electrons. The number of ether oxygens (including phenoxy) is 2. The Balaban J connectivity index is 1.77. The molecule has 0 aromatic heterocycles. The third-order valence-electron chi connectivity index (χ3n) is 3.94. The molecule has 0 spiro atoms. The van der Waals surface area contributed by atoms with Gasteiger partial charge >= 0.3 is 0 Å². The lowest BCUT2D eigenvalue weighted by Gasteiger charge is -2.35. The van der Waals surface area contributed by atoms with Gasteiger partial charge in [0.25, 0.3) is 0 Å². The van der Waals surface area contributed by atoms with Crippen molar-refractivity contribution in [1.82, 2.24) is 5.43 Å². The molecule has 1 heterocycles. The highest BCUT2D eigenvalue weighted by atomic mass is 16.7. The highest BCUT2D eigenvalue weighted by molar-refractivity contribution is 5.61. The fraction of sp³-hybridized carbons (Fsp3) is 0.368. The summed E-state index contributed by atoms with van der Waals surface area (Å²) in [5, 5.41) is 2.15. The van der Waals surface area contributed by atoms with Crippen molar-refractivity contribution in [3.05, 3.63) is 60.7 Å². The van der Waals surface area contributed by atoms with Crippen LogP contribution in [-0.2, 0) is 9.47 Å². The maximum Gasteiger partial charge on any atom is 0.159 e. The summed E-state index contributed by atoms with van der Waals surface area (Å²) in [4.78, 5) is 0. The SMILES string of the molecule is CCOC1CC(NN(c2ccccc2)c2ccccc2)CCO1. The Bertz CT molecular complexity index is 535. The van der Waals surface area contributed by atoms with Crippen LogP contribution < -0.4 is 10.4 Å². The Kier molecular flexibility index (Phi) is 5.64. The van der Waals surface area contributed by atoms with Crippen molar-refractivity contribution in [2.24, 2.45) is 0 Å². The van der Waals surface area contributed by atoms with E-state index in [2.05, 4.69) is 59.0 Å². The third-order valence-corrected chi connectivity index (χ3v) is 3.94. The third kappa shape index (κ3) is 4.32. The van der Waals surface area contributed by atoms with Crippen molar-refractivity contribution in [2.75, 3.05) is 18.2 Å².